The van der Waals surface area contributed by atoms with Crippen LogP contribution in [0.25, 0.3) is 55.4 Å². The van der Waals surface area contributed by atoms with Crippen LogP contribution in [0.5, 0.6) is 0 Å². The number of benzene rings is 6. The van der Waals surface area contributed by atoms with E-state index in [1.807, 2.05) is 24.4 Å². The monoisotopic (exact) mass is 564 g/mol. The van der Waals surface area contributed by atoms with E-state index in [1.165, 1.54) is 33.4 Å². The minimum absolute atomic E-state index is 0.792. The lowest BCUT2D eigenvalue weighted by molar-refractivity contribution is 0.668. The van der Waals surface area contributed by atoms with Gasteiger partial charge in [-0.2, -0.15) is 0 Å². The zero-order valence-electron chi connectivity index (χ0n) is 24.0. The standard InChI is InChI=1S/C41H28N2O/c1-3-10-29(11-4-1)30-17-21-33(22-18-30)43(35-25-26-38-40(28-35)44-39-16-9-27-42-41(38)39)34-23-19-32(20-24-34)37-15-8-7-14-36(37)31-12-5-2-6-13-31/h1-28H. The summed E-state index contributed by atoms with van der Waals surface area (Å²) in [6.45, 7) is 0. The first-order valence-corrected chi connectivity index (χ1v) is 14.8. The van der Waals surface area contributed by atoms with E-state index in [-0.39, 0.29) is 0 Å². The van der Waals surface area contributed by atoms with Crippen molar-refractivity contribution in [3.63, 3.8) is 0 Å². The summed E-state index contributed by atoms with van der Waals surface area (Å²) < 4.78 is 6.23. The Morgan fingerprint density at radius 3 is 1.59 bits per heavy atom. The van der Waals surface area contributed by atoms with Crippen LogP contribution in [0.3, 0.4) is 0 Å². The molecule has 8 aromatic rings. The Morgan fingerprint density at radius 1 is 0.409 bits per heavy atom. The Balaban J connectivity index is 1.23. The van der Waals surface area contributed by atoms with Crippen LogP contribution in [0, 0.1) is 0 Å². The van der Waals surface area contributed by atoms with E-state index < -0.39 is 0 Å². The molecule has 0 spiro atoms. The molecule has 0 aliphatic carbocycles. The minimum atomic E-state index is 0.792. The van der Waals surface area contributed by atoms with Crippen molar-refractivity contribution in [1.29, 1.82) is 0 Å². The summed E-state index contributed by atoms with van der Waals surface area (Å²) in [5, 5.41) is 1.01. The molecule has 3 heteroatoms. The van der Waals surface area contributed by atoms with Gasteiger partial charge in [-0.1, -0.05) is 109 Å². The van der Waals surface area contributed by atoms with Crippen LogP contribution >= 0.6 is 0 Å². The maximum Gasteiger partial charge on any atom is 0.153 e. The highest BCUT2D eigenvalue weighted by Crippen LogP contribution is 2.40. The molecule has 0 unspecified atom stereocenters. The lowest BCUT2D eigenvalue weighted by Gasteiger charge is -2.26. The van der Waals surface area contributed by atoms with Gasteiger partial charge in [-0.25, -0.2) is 0 Å². The predicted molar refractivity (Wildman–Crippen MR) is 183 cm³/mol. The van der Waals surface area contributed by atoms with Gasteiger partial charge in [-0.15, -0.1) is 0 Å². The molecule has 44 heavy (non-hydrogen) atoms. The van der Waals surface area contributed by atoms with Gasteiger partial charge < -0.3 is 9.32 Å². The Labute approximate surface area is 256 Å². The van der Waals surface area contributed by atoms with E-state index in [1.54, 1.807) is 0 Å². The molecule has 0 aliphatic rings. The zero-order chi connectivity index (χ0) is 29.3. The SMILES string of the molecule is c1ccc(-c2ccc(N(c3ccc(-c4ccccc4-c4ccccc4)cc3)c3ccc4c(c3)oc3cccnc34)cc2)cc1. The highest BCUT2D eigenvalue weighted by atomic mass is 16.3. The molecule has 0 N–H and O–H groups in total. The quantitative estimate of drug-likeness (QED) is 0.201. The second kappa shape index (κ2) is 11.0. The third-order valence-electron chi connectivity index (χ3n) is 8.15. The van der Waals surface area contributed by atoms with Gasteiger partial charge in [0.1, 0.15) is 11.1 Å². The van der Waals surface area contributed by atoms with Crippen LogP contribution in [0.2, 0.25) is 0 Å². The summed E-state index contributed by atoms with van der Waals surface area (Å²) >= 11 is 0. The lowest BCUT2D eigenvalue weighted by Crippen LogP contribution is -2.09. The maximum absolute atomic E-state index is 6.23. The largest absolute Gasteiger partial charge is 0.454 e. The van der Waals surface area contributed by atoms with Crippen LogP contribution in [0.15, 0.2) is 174 Å². The number of furan rings is 1. The lowest BCUT2D eigenvalue weighted by atomic mass is 9.94. The topological polar surface area (TPSA) is 29.3 Å². The molecule has 0 bridgehead atoms. The molecule has 8 rings (SSSR count). The van der Waals surface area contributed by atoms with E-state index in [0.29, 0.717) is 0 Å². The molecule has 0 aliphatic heterocycles. The average molecular weight is 565 g/mol. The van der Waals surface area contributed by atoms with Gasteiger partial charge in [0.05, 0.1) is 0 Å². The highest BCUT2D eigenvalue weighted by molar-refractivity contribution is 6.03. The summed E-state index contributed by atoms with van der Waals surface area (Å²) in [6, 6.07) is 57.5. The van der Waals surface area contributed by atoms with Crippen molar-refractivity contribution in [2.75, 3.05) is 4.90 Å². The van der Waals surface area contributed by atoms with Gasteiger partial charge in [0.25, 0.3) is 0 Å². The first kappa shape index (κ1) is 25.8. The van der Waals surface area contributed by atoms with Gasteiger partial charge in [0.2, 0.25) is 0 Å². The van der Waals surface area contributed by atoms with Crippen LogP contribution in [0.4, 0.5) is 17.1 Å². The van der Waals surface area contributed by atoms with Crippen molar-refractivity contribution in [3.05, 3.63) is 170 Å². The van der Waals surface area contributed by atoms with E-state index in [2.05, 4.69) is 155 Å². The molecular formula is C41H28N2O. The zero-order valence-corrected chi connectivity index (χ0v) is 24.0. The number of hydrogen-bond acceptors (Lipinski definition) is 3. The van der Waals surface area contributed by atoms with E-state index in [9.17, 15) is 0 Å². The van der Waals surface area contributed by atoms with Gasteiger partial charge in [-0.3, -0.25) is 4.98 Å². The molecule has 6 aromatic carbocycles. The van der Waals surface area contributed by atoms with Crippen molar-refractivity contribution in [2.45, 2.75) is 0 Å². The van der Waals surface area contributed by atoms with Crippen LogP contribution in [-0.4, -0.2) is 4.98 Å². The molecule has 0 saturated carbocycles. The number of rotatable bonds is 6. The van der Waals surface area contributed by atoms with Gasteiger partial charge in [-0.05, 0) is 81.9 Å². The fraction of sp³-hybridized carbons (Fsp3) is 0. The first-order valence-electron chi connectivity index (χ1n) is 14.8. The van der Waals surface area contributed by atoms with Crippen molar-refractivity contribution in [1.82, 2.24) is 4.98 Å². The number of pyridine rings is 1. The second-order valence-corrected chi connectivity index (χ2v) is 10.8. The van der Waals surface area contributed by atoms with Crippen molar-refractivity contribution in [2.24, 2.45) is 0 Å². The number of aromatic nitrogens is 1. The van der Waals surface area contributed by atoms with Gasteiger partial charge in [0, 0.05) is 34.7 Å². The molecule has 0 fully saturated rings. The fourth-order valence-electron chi connectivity index (χ4n) is 6.00. The van der Waals surface area contributed by atoms with E-state index in [4.69, 9.17) is 4.42 Å². The number of nitrogens with zero attached hydrogens (tertiary/aromatic N) is 2. The molecule has 2 aromatic heterocycles. The summed E-state index contributed by atoms with van der Waals surface area (Å²) in [4.78, 5) is 6.84. The third-order valence-corrected chi connectivity index (χ3v) is 8.15. The summed E-state index contributed by atoms with van der Waals surface area (Å²) in [5.41, 5.74) is 12.8. The molecule has 2 heterocycles. The van der Waals surface area contributed by atoms with E-state index >= 15 is 0 Å². The van der Waals surface area contributed by atoms with Crippen molar-refractivity contribution >= 4 is 39.1 Å². The molecule has 208 valence electrons. The molecule has 0 saturated heterocycles. The molecule has 3 nitrogen and oxygen atoms in total. The van der Waals surface area contributed by atoms with Gasteiger partial charge >= 0.3 is 0 Å². The van der Waals surface area contributed by atoms with Crippen molar-refractivity contribution < 1.29 is 4.42 Å². The highest BCUT2D eigenvalue weighted by Gasteiger charge is 2.17. The summed E-state index contributed by atoms with van der Waals surface area (Å²) in [7, 11) is 0. The predicted octanol–water partition coefficient (Wildman–Crippen LogP) is 11.5. The minimum Gasteiger partial charge on any atom is -0.454 e. The van der Waals surface area contributed by atoms with Crippen molar-refractivity contribution in [3.8, 4) is 33.4 Å². The first-order chi connectivity index (χ1) is 21.8. The molecular weight excluding hydrogens is 536 g/mol. The summed E-state index contributed by atoms with van der Waals surface area (Å²) in [6.07, 6.45) is 1.81. The Kier molecular flexibility index (Phi) is 6.47. The molecule has 0 atom stereocenters. The second-order valence-electron chi connectivity index (χ2n) is 10.8. The van der Waals surface area contributed by atoms with Crippen LogP contribution < -0.4 is 4.90 Å². The third kappa shape index (κ3) is 4.71. The van der Waals surface area contributed by atoms with Crippen LogP contribution in [-0.2, 0) is 0 Å². The average Bonchev–Trinajstić information content (AvgIpc) is 3.48. The fourth-order valence-corrected chi connectivity index (χ4v) is 6.00. The molecule has 0 amide bonds. The van der Waals surface area contributed by atoms with Crippen LogP contribution in [0.1, 0.15) is 0 Å². The Morgan fingerprint density at radius 2 is 0.932 bits per heavy atom. The smallest absolute Gasteiger partial charge is 0.153 e. The maximum atomic E-state index is 6.23. The normalized spacial score (nSPS) is 11.2. The van der Waals surface area contributed by atoms with Gasteiger partial charge in [0.15, 0.2) is 5.58 Å². The summed E-state index contributed by atoms with van der Waals surface area (Å²) in [5.74, 6) is 0. The number of fused-ring (bicyclic) bond motifs is 3. The number of anilines is 3. The Hall–Kier alpha value is -5.93. The Bertz CT molecular complexity index is 2200. The molecule has 0 radical (unpaired) electrons. The van der Waals surface area contributed by atoms with E-state index in [0.717, 1.165) is 39.1 Å². The number of hydrogen-bond donors (Lipinski definition) is 0.